The van der Waals surface area contributed by atoms with Gasteiger partial charge in [0.2, 0.25) is 17.6 Å². The molecule has 0 bridgehead atoms. The van der Waals surface area contributed by atoms with Gasteiger partial charge in [0.25, 0.3) is 0 Å². The first-order valence-corrected chi connectivity index (χ1v) is 9.83. The SMILES string of the molecule is Cc1ccc(SCCC(=O)N(C)Cc2nc(-c3cccc(C)c3)no2)cc1. The number of hydrogen-bond donors (Lipinski definition) is 0. The Balaban J connectivity index is 1.50. The first-order chi connectivity index (χ1) is 13.0. The second-order valence-electron chi connectivity index (χ2n) is 6.54. The van der Waals surface area contributed by atoms with E-state index in [2.05, 4.69) is 41.3 Å². The molecule has 3 aromatic rings. The number of aryl methyl sites for hydroxylation is 2. The van der Waals surface area contributed by atoms with Crippen molar-refractivity contribution in [3.8, 4) is 11.4 Å². The number of carbonyl (C=O) groups is 1. The van der Waals surface area contributed by atoms with Crippen LogP contribution < -0.4 is 0 Å². The van der Waals surface area contributed by atoms with Crippen LogP contribution in [0.2, 0.25) is 0 Å². The van der Waals surface area contributed by atoms with Crippen molar-refractivity contribution in [1.82, 2.24) is 15.0 Å². The fourth-order valence-electron chi connectivity index (χ4n) is 2.59. The Morgan fingerprint density at radius 1 is 1.11 bits per heavy atom. The van der Waals surface area contributed by atoms with Gasteiger partial charge in [-0.1, -0.05) is 46.6 Å². The van der Waals surface area contributed by atoms with Gasteiger partial charge >= 0.3 is 0 Å². The van der Waals surface area contributed by atoms with E-state index in [0.29, 0.717) is 24.7 Å². The molecule has 1 aromatic heterocycles. The molecule has 0 aliphatic heterocycles. The summed E-state index contributed by atoms with van der Waals surface area (Å²) < 4.78 is 5.30. The fraction of sp³-hybridized carbons (Fsp3) is 0.286. The lowest BCUT2D eigenvalue weighted by Gasteiger charge is -2.14. The molecule has 27 heavy (non-hydrogen) atoms. The van der Waals surface area contributed by atoms with Gasteiger partial charge in [-0.2, -0.15) is 4.98 Å². The zero-order valence-electron chi connectivity index (χ0n) is 15.8. The average Bonchev–Trinajstić information content (AvgIpc) is 3.12. The second-order valence-corrected chi connectivity index (χ2v) is 7.71. The summed E-state index contributed by atoms with van der Waals surface area (Å²) in [6, 6.07) is 16.3. The van der Waals surface area contributed by atoms with Crippen LogP contribution in [-0.4, -0.2) is 33.7 Å². The molecule has 0 atom stereocenters. The van der Waals surface area contributed by atoms with Gasteiger partial charge in [0, 0.05) is 29.7 Å². The predicted molar refractivity (Wildman–Crippen MR) is 107 cm³/mol. The highest BCUT2D eigenvalue weighted by atomic mass is 32.2. The Kier molecular flexibility index (Phi) is 6.29. The van der Waals surface area contributed by atoms with Crippen LogP contribution in [-0.2, 0) is 11.3 Å². The van der Waals surface area contributed by atoms with Crippen molar-refractivity contribution in [3.05, 3.63) is 65.5 Å². The zero-order valence-corrected chi connectivity index (χ0v) is 16.6. The molecule has 5 nitrogen and oxygen atoms in total. The molecule has 0 spiro atoms. The van der Waals surface area contributed by atoms with Crippen LogP contribution in [0.3, 0.4) is 0 Å². The number of benzene rings is 2. The molecule has 0 unspecified atom stereocenters. The zero-order chi connectivity index (χ0) is 19.2. The van der Waals surface area contributed by atoms with Gasteiger partial charge in [-0.25, -0.2) is 0 Å². The Morgan fingerprint density at radius 3 is 2.63 bits per heavy atom. The Labute approximate surface area is 163 Å². The van der Waals surface area contributed by atoms with Crippen molar-refractivity contribution in [2.24, 2.45) is 0 Å². The lowest BCUT2D eigenvalue weighted by Crippen LogP contribution is -2.26. The average molecular weight is 382 g/mol. The molecule has 0 fully saturated rings. The Hall–Kier alpha value is -2.60. The van der Waals surface area contributed by atoms with Crippen molar-refractivity contribution < 1.29 is 9.32 Å². The smallest absolute Gasteiger partial charge is 0.246 e. The molecule has 0 saturated carbocycles. The number of aromatic nitrogens is 2. The molecule has 0 radical (unpaired) electrons. The molecule has 0 saturated heterocycles. The monoisotopic (exact) mass is 381 g/mol. The maximum Gasteiger partial charge on any atom is 0.246 e. The third kappa shape index (κ3) is 5.44. The van der Waals surface area contributed by atoms with E-state index in [1.807, 2.05) is 31.2 Å². The number of rotatable bonds is 7. The number of thioether (sulfide) groups is 1. The van der Waals surface area contributed by atoms with Crippen molar-refractivity contribution in [2.45, 2.75) is 31.7 Å². The number of hydrogen-bond acceptors (Lipinski definition) is 5. The van der Waals surface area contributed by atoms with E-state index in [4.69, 9.17) is 4.52 Å². The third-order valence-electron chi connectivity index (χ3n) is 4.15. The highest BCUT2D eigenvalue weighted by Gasteiger charge is 2.14. The number of amides is 1. The van der Waals surface area contributed by atoms with E-state index in [1.54, 1.807) is 23.7 Å². The normalized spacial score (nSPS) is 10.8. The maximum atomic E-state index is 12.3. The van der Waals surface area contributed by atoms with Crippen LogP contribution in [0.5, 0.6) is 0 Å². The standard InChI is InChI=1S/C21H23N3O2S/c1-15-7-9-18(10-8-15)27-12-11-20(25)24(3)14-19-22-21(23-26-19)17-6-4-5-16(2)13-17/h4-10,13H,11-12,14H2,1-3H3. The summed E-state index contributed by atoms with van der Waals surface area (Å²) in [6.07, 6.45) is 0.466. The highest BCUT2D eigenvalue weighted by molar-refractivity contribution is 7.99. The summed E-state index contributed by atoms with van der Waals surface area (Å²) in [5.41, 5.74) is 3.28. The van der Waals surface area contributed by atoms with Crippen LogP contribution in [0.25, 0.3) is 11.4 Å². The molecule has 1 amide bonds. The van der Waals surface area contributed by atoms with Gasteiger partial charge in [-0.3, -0.25) is 4.79 Å². The van der Waals surface area contributed by atoms with E-state index in [1.165, 1.54) is 10.5 Å². The molecular weight excluding hydrogens is 358 g/mol. The first kappa shape index (κ1) is 19.2. The van der Waals surface area contributed by atoms with Gasteiger partial charge < -0.3 is 9.42 Å². The molecule has 0 aliphatic carbocycles. The first-order valence-electron chi connectivity index (χ1n) is 8.84. The van der Waals surface area contributed by atoms with E-state index >= 15 is 0 Å². The molecule has 140 valence electrons. The lowest BCUT2D eigenvalue weighted by atomic mass is 10.1. The summed E-state index contributed by atoms with van der Waals surface area (Å²) in [5.74, 6) is 1.79. The van der Waals surface area contributed by atoms with Gasteiger partial charge in [-0.05, 0) is 32.0 Å². The van der Waals surface area contributed by atoms with Crippen molar-refractivity contribution in [3.63, 3.8) is 0 Å². The number of carbonyl (C=O) groups excluding carboxylic acids is 1. The summed E-state index contributed by atoms with van der Waals surface area (Å²) in [7, 11) is 1.76. The molecule has 0 aliphatic rings. The number of nitrogens with zero attached hydrogens (tertiary/aromatic N) is 3. The van der Waals surface area contributed by atoms with Crippen LogP contribution in [0, 0.1) is 13.8 Å². The van der Waals surface area contributed by atoms with E-state index < -0.39 is 0 Å². The molecule has 1 heterocycles. The van der Waals surface area contributed by atoms with E-state index in [-0.39, 0.29) is 5.91 Å². The van der Waals surface area contributed by atoms with E-state index in [0.717, 1.165) is 16.9 Å². The maximum absolute atomic E-state index is 12.3. The van der Waals surface area contributed by atoms with Gasteiger partial charge in [0.15, 0.2) is 0 Å². The van der Waals surface area contributed by atoms with Crippen LogP contribution in [0.15, 0.2) is 57.9 Å². The van der Waals surface area contributed by atoms with Crippen LogP contribution >= 0.6 is 11.8 Å². The van der Waals surface area contributed by atoms with Crippen LogP contribution in [0.1, 0.15) is 23.4 Å². The summed E-state index contributed by atoms with van der Waals surface area (Å²) in [4.78, 5) is 19.5. The molecule has 3 rings (SSSR count). The topological polar surface area (TPSA) is 59.2 Å². The van der Waals surface area contributed by atoms with E-state index in [9.17, 15) is 4.79 Å². The summed E-state index contributed by atoms with van der Waals surface area (Å²) in [6.45, 7) is 4.40. The molecule has 6 heteroatoms. The summed E-state index contributed by atoms with van der Waals surface area (Å²) >= 11 is 1.68. The third-order valence-corrected chi connectivity index (χ3v) is 5.16. The minimum atomic E-state index is 0.0601. The minimum Gasteiger partial charge on any atom is -0.337 e. The fourth-order valence-corrected chi connectivity index (χ4v) is 3.43. The Morgan fingerprint density at radius 2 is 1.89 bits per heavy atom. The highest BCUT2D eigenvalue weighted by Crippen LogP contribution is 2.20. The molecule has 0 N–H and O–H groups in total. The predicted octanol–water partition coefficient (Wildman–Crippen LogP) is 4.49. The van der Waals surface area contributed by atoms with Crippen molar-refractivity contribution in [1.29, 1.82) is 0 Å². The van der Waals surface area contributed by atoms with Gasteiger partial charge in [-0.15, -0.1) is 11.8 Å². The quantitative estimate of drug-likeness (QED) is 0.564. The van der Waals surface area contributed by atoms with Gasteiger partial charge in [0.1, 0.15) is 0 Å². The van der Waals surface area contributed by atoms with Gasteiger partial charge in [0.05, 0.1) is 6.54 Å². The largest absolute Gasteiger partial charge is 0.337 e. The summed E-state index contributed by atoms with van der Waals surface area (Å²) in [5, 5.41) is 4.02. The van der Waals surface area contributed by atoms with Crippen LogP contribution in [0.4, 0.5) is 0 Å². The molecule has 2 aromatic carbocycles. The minimum absolute atomic E-state index is 0.0601. The second kappa shape index (κ2) is 8.86. The lowest BCUT2D eigenvalue weighted by molar-refractivity contribution is -0.130. The Bertz CT molecular complexity index is 906. The van der Waals surface area contributed by atoms with Crippen molar-refractivity contribution in [2.75, 3.05) is 12.8 Å². The molecular formula is C21H23N3O2S. The van der Waals surface area contributed by atoms with Crippen molar-refractivity contribution >= 4 is 17.7 Å².